The van der Waals surface area contributed by atoms with Gasteiger partial charge in [0.05, 0.1) is 16.8 Å². The molecule has 3 amide bonds. The lowest BCUT2D eigenvalue weighted by Crippen LogP contribution is -2.43. The number of halogens is 3. The number of nitrogens with two attached hydrogens (primary N) is 1. The van der Waals surface area contributed by atoms with Gasteiger partial charge in [-0.25, -0.2) is 4.79 Å². The summed E-state index contributed by atoms with van der Waals surface area (Å²) in [5.74, 6) is -0.772. The number of primary amides is 1. The van der Waals surface area contributed by atoms with Gasteiger partial charge >= 0.3 is 12.2 Å². The summed E-state index contributed by atoms with van der Waals surface area (Å²) in [7, 11) is 0. The van der Waals surface area contributed by atoms with Crippen LogP contribution in [0.25, 0.3) is 0 Å². The van der Waals surface area contributed by atoms with Crippen LogP contribution in [0.4, 0.5) is 23.7 Å². The summed E-state index contributed by atoms with van der Waals surface area (Å²) in [6, 6.07) is 2.07. The number of benzene rings is 1. The fraction of sp³-hybridized carbons (Fsp3) is 0.250. The number of urea groups is 1. The quantitative estimate of drug-likeness (QED) is 0.787. The minimum Gasteiger partial charge on any atom is -0.373 e. The first kappa shape index (κ1) is 16.3. The number of nitrogens with zero attached hydrogens (tertiary/aromatic N) is 1. The Morgan fingerprint density at radius 1 is 1.38 bits per heavy atom. The van der Waals surface area contributed by atoms with E-state index in [0.717, 1.165) is 12.1 Å². The van der Waals surface area contributed by atoms with Gasteiger partial charge in [-0.3, -0.25) is 10.1 Å². The largest absolute Gasteiger partial charge is 0.416 e. The SMILES string of the molecule is CC(Nc1ccc(C(F)(F)F)cc1C#N)C(=O)NC(N)=O. The Bertz CT molecular complexity index is 608. The normalized spacial score (nSPS) is 12.1. The summed E-state index contributed by atoms with van der Waals surface area (Å²) in [5, 5.41) is 13.2. The third kappa shape index (κ3) is 4.38. The van der Waals surface area contributed by atoms with Crippen LogP contribution in [0.3, 0.4) is 0 Å². The Hall–Kier alpha value is -2.76. The summed E-state index contributed by atoms with van der Waals surface area (Å²) in [6.45, 7) is 1.36. The number of imide groups is 1. The fourth-order valence-corrected chi connectivity index (χ4v) is 1.47. The molecule has 0 aliphatic rings. The van der Waals surface area contributed by atoms with Crippen molar-refractivity contribution in [1.29, 1.82) is 5.26 Å². The van der Waals surface area contributed by atoms with Crippen molar-refractivity contribution in [3.63, 3.8) is 0 Å². The molecule has 1 aromatic rings. The second-order valence-corrected chi connectivity index (χ2v) is 4.09. The summed E-state index contributed by atoms with van der Waals surface area (Å²) >= 11 is 0. The van der Waals surface area contributed by atoms with Crippen molar-refractivity contribution < 1.29 is 22.8 Å². The molecule has 0 spiro atoms. The van der Waals surface area contributed by atoms with Gasteiger partial charge in [0, 0.05) is 0 Å². The van der Waals surface area contributed by atoms with E-state index in [-0.39, 0.29) is 11.3 Å². The molecule has 1 atom stereocenters. The highest BCUT2D eigenvalue weighted by atomic mass is 19.4. The molecule has 0 fully saturated rings. The average Bonchev–Trinajstić information content (AvgIpc) is 2.36. The zero-order valence-electron chi connectivity index (χ0n) is 10.8. The molecule has 0 saturated carbocycles. The summed E-state index contributed by atoms with van der Waals surface area (Å²) in [6.07, 6.45) is -4.57. The summed E-state index contributed by atoms with van der Waals surface area (Å²) < 4.78 is 37.6. The first-order valence-electron chi connectivity index (χ1n) is 5.63. The van der Waals surface area contributed by atoms with Crippen LogP contribution in [0.1, 0.15) is 18.1 Å². The molecule has 1 aromatic carbocycles. The number of carbonyl (C=O) groups excluding carboxylic acids is 2. The number of alkyl halides is 3. The molecular weight excluding hydrogens is 289 g/mol. The van der Waals surface area contributed by atoms with E-state index in [1.54, 1.807) is 6.07 Å². The van der Waals surface area contributed by atoms with Crippen LogP contribution in [0.2, 0.25) is 0 Å². The minimum absolute atomic E-state index is 0.0395. The van der Waals surface area contributed by atoms with Crippen molar-refractivity contribution in [3.8, 4) is 6.07 Å². The Balaban J connectivity index is 2.97. The van der Waals surface area contributed by atoms with E-state index >= 15 is 0 Å². The van der Waals surface area contributed by atoms with E-state index in [1.807, 2.05) is 5.32 Å². The van der Waals surface area contributed by atoms with Gasteiger partial charge in [0.1, 0.15) is 12.1 Å². The van der Waals surface area contributed by atoms with E-state index < -0.39 is 29.7 Å². The highest BCUT2D eigenvalue weighted by Crippen LogP contribution is 2.31. The molecule has 1 rings (SSSR count). The number of hydrogen-bond acceptors (Lipinski definition) is 4. The second-order valence-electron chi connectivity index (χ2n) is 4.09. The molecule has 0 aromatic heterocycles. The van der Waals surface area contributed by atoms with E-state index in [2.05, 4.69) is 5.32 Å². The Kier molecular flexibility index (Phi) is 4.75. The molecule has 6 nitrogen and oxygen atoms in total. The monoisotopic (exact) mass is 300 g/mol. The maximum absolute atomic E-state index is 12.5. The number of amides is 3. The predicted octanol–water partition coefficient (Wildman–Crippen LogP) is 1.57. The van der Waals surface area contributed by atoms with Crippen molar-refractivity contribution in [2.45, 2.75) is 19.1 Å². The lowest BCUT2D eigenvalue weighted by Gasteiger charge is -2.16. The third-order valence-electron chi connectivity index (χ3n) is 2.48. The van der Waals surface area contributed by atoms with E-state index in [4.69, 9.17) is 11.0 Å². The minimum atomic E-state index is -4.57. The van der Waals surface area contributed by atoms with Crippen LogP contribution < -0.4 is 16.4 Å². The molecule has 9 heteroatoms. The average molecular weight is 300 g/mol. The van der Waals surface area contributed by atoms with Gasteiger partial charge in [-0.1, -0.05) is 0 Å². The predicted molar refractivity (Wildman–Crippen MR) is 67.0 cm³/mol. The number of hydrogen-bond donors (Lipinski definition) is 3. The molecule has 0 bridgehead atoms. The van der Waals surface area contributed by atoms with Crippen LogP contribution in [0.15, 0.2) is 18.2 Å². The van der Waals surface area contributed by atoms with Crippen molar-refractivity contribution in [2.24, 2.45) is 5.73 Å². The van der Waals surface area contributed by atoms with E-state index in [0.29, 0.717) is 6.07 Å². The highest BCUT2D eigenvalue weighted by Gasteiger charge is 2.31. The second kappa shape index (κ2) is 6.13. The maximum atomic E-state index is 12.5. The van der Waals surface area contributed by atoms with Crippen molar-refractivity contribution in [1.82, 2.24) is 5.32 Å². The van der Waals surface area contributed by atoms with Crippen LogP contribution in [-0.4, -0.2) is 18.0 Å². The van der Waals surface area contributed by atoms with E-state index in [1.165, 1.54) is 6.92 Å². The zero-order chi connectivity index (χ0) is 16.2. The van der Waals surface area contributed by atoms with Crippen LogP contribution in [-0.2, 0) is 11.0 Å². The molecule has 4 N–H and O–H groups in total. The molecular formula is C12H11F3N4O2. The van der Waals surface area contributed by atoms with E-state index in [9.17, 15) is 22.8 Å². The lowest BCUT2D eigenvalue weighted by molar-refractivity contribution is -0.137. The summed E-state index contributed by atoms with van der Waals surface area (Å²) in [5.41, 5.74) is 3.56. The molecule has 0 saturated heterocycles. The lowest BCUT2D eigenvalue weighted by atomic mass is 10.1. The standard InChI is InChI=1S/C12H11F3N4O2/c1-6(10(20)19-11(17)21)18-9-3-2-8(12(13,14)15)4-7(9)5-16/h2-4,6,18H,1H3,(H3,17,19,20,21). The molecule has 1 unspecified atom stereocenters. The van der Waals surface area contributed by atoms with Crippen LogP contribution in [0.5, 0.6) is 0 Å². The first-order valence-corrected chi connectivity index (χ1v) is 5.63. The van der Waals surface area contributed by atoms with Gasteiger partial charge < -0.3 is 11.1 Å². The van der Waals surface area contributed by atoms with Gasteiger partial charge in [0.15, 0.2) is 0 Å². The van der Waals surface area contributed by atoms with Gasteiger partial charge in [-0.15, -0.1) is 0 Å². The topological polar surface area (TPSA) is 108 Å². The molecule has 0 aliphatic carbocycles. The summed E-state index contributed by atoms with van der Waals surface area (Å²) in [4.78, 5) is 22.0. The van der Waals surface area contributed by atoms with Gasteiger partial charge in [0.2, 0.25) is 5.91 Å². The molecule has 0 radical (unpaired) electrons. The van der Waals surface area contributed by atoms with Crippen molar-refractivity contribution >= 4 is 17.6 Å². The number of rotatable bonds is 3. The maximum Gasteiger partial charge on any atom is 0.416 e. The fourth-order valence-electron chi connectivity index (χ4n) is 1.47. The Morgan fingerprint density at radius 2 is 2.00 bits per heavy atom. The van der Waals surface area contributed by atoms with Crippen molar-refractivity contribution in [3.05, 3.63) is 29.3 Å². The van der Waals surface area contributed by atoms with Crippen LogP contribution in [0, 0.1) is 11.3 Å². The van der Waals surface area contributed by atoms with Gasteiger partial charge in [0.25, 0.3) is 0 Å². The smallest absolute Gasteiger partial charge is 0.373 e. The molecule has 21 heavy (non-hydrogen) atoms. The molecule has 112 valence electrons. The molecule has 0 aliphatic heterocycles. The number of anilines is 1. The zero-order valence-corrected chi connectivity index (χ0v) is 10.8. The van der Waals surface area contributed by atoms with Crippen molar-refractivity contribution in [2.75, 3.05) is 5.32 Å². The van der Waals surface area contributed by atoms with Gasteiger partial charge in [-0.2, -0.15) is 18.4 Å². The first-order chi connectivity index (χ1) is 9.65. The number of carbonyl (C=O) groups is 2. The molecule has 0 heterocycles. The number of nitriles is 1. The highest BCUT2D eigenvalue weighted by molar-refractivity contribution is 5.97. The number of nitrogens with one attached hydrogen (secondary N) is 2. The van der Waals surface area contributed by atoms with Gasteiger partial charge in [-0.05, 0) is 25.1 Å². The Morgan fingerprint density at radius 3 is 2.48 bits per heavy atom. The Labute approximate surface area is 117 Å². The van der Waals surface area contributed by atoms with Crippen LogP contribution >= 0.6 is 0 Å². The third-order valence-corrected chi connectivity index (χ3v) is 2.48.